The quantitative estimate of drug-likeness (QED) is 0.713. The van der Waals surface area contributed by atoms with Gasteiger partial charge in [-0.25, -0.2) is 0 Å². The first-order valence-electron chi connectivity index (χ1n) is 5.12. The van der Waals surface area contributed by atoms with Crippen LogP contribution in [0.4, 0.5) is 0 Å². The predicted octanol–water partition coefficient (Wildman–Crippen LogP) is 0.688. The van der Waals surface area contributed by atoms with Gasteiger partial charge in [-0.3, -0.25) is 4.79 Å². The van der Waals surface area contributed by atoms with E-state index >= 15 is 0 Å². The number of nitrogens with two attached hydrogens (primary N) is 1. The van der Waals surface area contributed by atoms with E-state index in [0.29, 0.717) is 5.41 Å². The number of rotatable bonds is 6. The van der Waals surface area contributed by atoms with Gasteiger partial charge in [0.2, 0.25) is 5.91 Å². The lowest BCUT2D eigenvalue weighted by atomic mass is 10.0. The SMILES string of the molecule is COCCC1(CNC(=O)C(C)N)CC1.Cl. The highest BCUT2D eigenvalue weighted by Crippen LogP contribution is 2.48. The number of amides is 1. The molecule has 0 aromatic heterocycles. The third-order valence-corrected chi connectivity index (χ3v) is 2.84. The molecule has 15 heavy (non-hydrogen) atoms. The Hall–Kier alpha value is -0.320. The van der Waals surface area contributed by atoms with Crippen LogP contribution in [-0.4, -0.2) is 32.2 Å². The van der Waals surface area contributed by atoms with Crippen molar-refractivity contribution in [3.63, 3.8) is 0 Å². The number of halogens is 1. The second-order valence-electron chi connectivity index (χ2n) is 4.25. The molecule has 5 heteroatoms. The summed E-state index contributed by atoms with van der Waals surface area (Å²) in [6.07, 6.45) is 3.41. The van der Waals surface area contributed by atoms with Crippen LogP contribution in [0.3, 0.4) is 0 Å². The molecular formula is C10H21ClN2O2. The third kappa shape index (κ3) is 4.82. The molecule has 1 aliphatic carbocycles. The van der Waals surface area contributed by atoms with E-state index in [1.54, 1.807) is 14.0 Å². The molecule has 0 aromatic carbocycles. The van der Waals surface area contributed by atoms with Gasteiger partial charge in [0.15, 0.2) is 0 Å². The minimum atomic E-state index is -0.409. The zero-order chi connectivity index (χ0) is 10.6. The molecule has 0 bridgehead atoms. The first-order chi connectivity index (χ1) is 6.59. The minimum Gasteiger partial charge on any atom is -0.385 e. The van der Waals surface area contributed by atoms with E-state index in [0.717, 1.165) is 19.6 Å². The van der Waals surface area contributed by atoms with Gasteiger partial charge in [0.05, 0.1) is 6.04 Å². The van der Waals surface area contributed by atoms with Gasteiger partial charge in [-0.05, 0) is 31.6 Å². The van der Waals surface area contributed by atoms with Crippen molar-refractivity contribution in [1.29, 1.82) is 0 Å². The van der Waals surface area contributed by atoms with Crippen LogP contribution in [-0.2, 0) is 9.53 Å². The van der Waals surface area contributed by atoms with Crippen molar-refractivity contribution in [2.24, 2.45) is 11.1 Å². The molecule has 1 amide bonds. The minimum absolute atomic E-state index is 0. The van der Waals surface area contributed by atoms with Crippen molar-refractivity contribution in [3.05, 3.63) is 0 Å². The molecule has 0 spiro atoms. The van der Waals surface area contributed by atoms with Crippen molar-refractivity contribution in [2.75, 3.05) is 20.3 Å². The molecule has 0 aromatic rings. The summed E-state index contributed by atoms with van der Waals surface area (Å²) in [6, 6.07) is -0.409. The Bertz CT molecular complexity index is 206. The first-order valence-corrected chi connectivity index (χ1v) is 5.12. The van der Waals surface area contributed by atoms with Crippen LogP contribution in [0.25, 0.3) is 0 Å². The zero-order valence-electron chi connectivity index (χ0n) is 9.41. The topological polar surface area (TPSA) is 64.3 Å². The first kappa shape index (κ1) is 14.7. The van der Waals surface area contributed by atoms with Gasteiger partial charge in [-0.2, -0.15) is 0 Å². The van der Waals surface area contributed by atoms with E-state index in [1.165, 1.54) is 12.8 Å². The van der Waals surface area contributed by atoms with Crippen LogP contribution in [0.2, 0.25) is 0 Å². The molecular weight excluding hydrogens is 216 g/mol. The van der Waals surface area contributed by atoms with Gasteiger partial charge in [0.25, 0.3) is 0 Å². The molecule has 0 saturated heterocycles. The monoisotopic (exact) mass is 236 g/mol. The van der Waals surface area contributed by atoms with Crippen molar-refractivity contribution in [2.45, 2.75) is 32.2 Å². The fourth-order valence-electron chi connectivity index (χ4n) is 1.45. The van der Waals surface area contributed by atoms with Gasteiger partial charge in [0.1, 0.15) is 0 Å². The molecule has 90 valence electrons. The van der Waals surface area contributed by atoms with Gasteiger partial charge in [-0.15, -0.1) is 12.4 Å². The third-order valence-electron chi connectivity index (χ3n) is 2.84. The number of methoxy groups -OCH3 is 1. The fraction of sp³-hybridized carbons (Fsp3) is 0.900. The summed E-state index contributed by atoms with van der Waals surface area (Å²) in [6.45, 7) is 3.22. The molecule has 3 N–H and O–H groups in total. The number of nitrogens with one attached hydrogen (secondary N) is 1. The summed E-state index contributed by atoms with van der Waals surface area (Å²) >= 11 is 0. The molecule has 4 nitrogen and oxygen atoms in total. The van der Waals surface area contributed by atoms with Gasteiger partial charge in [-0.1, -0.05) is 0 Å². The molecule has 1 rings (SSSR count). The maximum absolute atomic E-state index is 11.2. The highest BCUT2D eigenvalue weighted by Gasteiger charge is 2.42. The number of hydrogen-bond donors (Lipinski definition) is 2. The standard InChI is InChI=1S/C10H20N2O2.ClH/c1-8(11)9(13)12-7-10(3-4-10)5-6-14-2;/h8H,3-7,11H2,1-2H3,(H,12,13);1H. The van der Waals surface area contributed by atoms with E-state index in [-0.39, 0.29) is 18.3 Å². The lowest BCUT2D eigenvalue weighted by Crippen LogP contribution is -2.41. The van der Waals surface area contributed by atoms with Crippen molar-refractivity contribution >= 4 is 18.3 Å². The number of ether oxygens (including phenoxy) is 1. The van der Waals surface area contributed by atoms with Crippen molar-refractivity contribution < 1.29 is 9.53 Å². The molecule has 1 aliphatic rings. The maximum Gasteiger partial charge on any atom is 0.236 e. The Morgan fingerprint density at radius 1 is 1.60 bits per heavy atom. The highest BCUT2D eigenvalue weighted by atomic mass is 35.5. The Labute approximate surface area is 97.3 Å². The second-order valence-corrected chi connectivity index (χ2v) is 4.25. The predicted molar refractivity (Wildman–Crippen MR) is 62.1 cm³/mol. The summed E-state index contributed by atoms with van der Waals surface area (Å²) in [5.41, 5.74) is 5.76. The van der Waals surface area contributed by atoms with Crippen molar-refractivity contribution in [1.82, 2.24) is 5.32 Å². The van der Waals surface area contributed by atoms with Crippen LogP contribution in [0.15, 0.2) is 0 Å². The largest absolute Gasteiger partial charge is 0.385 e. The van der Waals surface area contributed by atoms with Crippen LogP contribution >= 0.6 is 12.4 Å². The van der Waals surface area contributed by atoms with E-state index < -0.39 is 6.04 Å². The van der Waals surface area contributed by atoms with E-state index in [1.807, 2.05) is 0 Å². The molecule has 0 heterocycles. The van der Waals surface area contributed by atoms with Crippen LogP contribution in [0.5, 0.6) is 0 Å². The highest BCUT2D eigenvalue weighted by molar-refractivity contribution is 5.85. The molecule has 0 radical (unpaired) electrons. The molecule has 0 aliphatic heterocycles. The fourth-order valence-corrected chi connectivity index (χ4v) is 1.45. The maximum atomic E-state index is 11.2. The molecule has 1 saturated carbocycles. The normalized spacial score (nSPS) is 18.9. The Kier molecular flexibility index (Phi) is 6.17. The summed E-state index contributed by atoms with van der Waals surface area (Å²) in [5.74, 6) is -0.0614. The van der Waals surface area contributed by atoms with Crippen molar-refractivity contribution in [3.8, 4) is 0 Å². The summed E-state index contributed by atoms with van der Waals surface area (Å²) in [7, 11) is 1.70. The average Bonchev–Trinajstić information content (AvgIpc) is 2.92. The molecule has 1 atom stereocenters. The Morgan fingerprint density at radius 3 is 2.60 bits per heavy atom. The van der Waals surface area contributed by atoms with E-state index in [4.69, 9.17) is 10.5 Å². The smallest absolute Gasteiger partial charge is 0.236 e. The van der Waals surface area contributed by atoms with Crippen LogP contribution in [0, 0.1) is 5.41 Å². The molecule has 1 unspecified atom stereocenters. The summed E-state index contributed by atoms with van der Waals surface area (Å²) in [4.78, 5) is 11.2. The number of hydrogen-bond acceptors (Lipinski definition) is 3. The average molecular weight is 237 g/mol. The summed E-state index contributed by atoms with van der Waals surface area (Å²) < 4.78 is 5.03. The van der Waals surface area contributed by atoms with Crippen LogP contribution < -0.4 is 11.1 Å². The number of carbonyl (C=O) groups is 1. The number of carbonyl (C=O) groups excluding carboxylic acids is 1. The summed E-state index contributed by atoms with van der Waals surface area (Å²) in [5, 5.41) is 2.87. The Balaban J connectivity index is 0.00000196. The lowest BCUT2D eigenvalue weighted by molar-refractivity contribution is -0.122. The van der Waals surface area contributed by atoms with E-state index in [2.05, 4.69) is 5.32 Å². The van der Waals surface area contributed by atoms with Gasteiger partial charge in [0, 0.05) is 20.3 Å². The van der Waals surface area contributed by atoms with Gasteiger partial charge < -0.3 is 15.8 Å². The van der Waals surface area contributed by atoms with E-state index in [9.17, 15) is 4.79 Å². The second kappa shape index (κ2) is 6.30. The zero-order valence-corrected chi connectivity index (χ0v) is 10.2. The Morgan fingerprint density at radius 2 is 2.20 bits per heavy atom. The van der Waals surface area contributed by atoms with Gasteiger partial charge >= 0.3 is 0 Å². The lowest BCUT2D eigenvalue weighted by Gasteiger charge is -2.16. The molecule has 1 fully saturated rings. The van der Waals surface area contributed by atoms with Crippen LogP contribution in [0.1, 0.15) is 26.2 Å².